The molecule has 0 aliphatic heterocycles. The Morgan fingerprint density at radius 1 is 1.64 bits per heavy atom. The van der Waals surface area contributed by atoms with Gasteiger partial charge < -0.3 is 4.74 Å². The molecule has 4 nitrogen and oxygen atoms in total. The summed E-state index contributed by atoms with van der Waals surface area (Å²) in [5.74, 6) is -0.215. The third kappa shape index (κ3) is 2.13. The van der Waals surface area contributed by atoms with Crippen molar-refractivity contribution in [3.05, 3.63) is 18.0 Å². The molecule has 0 amide bonds. The maximum atomic E-state index is 11.4. The van der Waals surface area contributed by atoms with E-state index in [1.807, 2.05) is 26.8 Å². The lowest BCUT2D eigenvalue weighted by Crippen LogP contribution is -2.31. The molecule has 0 aliphatic carbocycles. The van der Waals surface area contributed by atoms with Crippen molar-refractivity contribution >= 4 is 5.97 Å². The van der Waals surface area contributed by atoms with Crippen LogP contribution in [-0.2, 0) is 16.1 Å². The third-order valence-corrected chi connectivity index (χ3v) is 2.21. The number of rotatable bonds is 3. The van der Waals surface area contributed by atoms with Crippen LogP contribution in [0.1, 0.15) is 19.5 Å². The maximum Gasteiger partial charge on any atom is 0.313 e. The zero-order chi connectivity index (χ0) is 10.8. The molecule has 0 bridgehead atoms. The number of ether oxygens (including phenoxy) is 1. The summed E-state index contributed by atoms with van der Waals surface area (Å²) in [4.78, 5) is 11.4. The van der Waals surface area contributed by atoms with E-state index < -0.39 is 5.41 Å². The third-order valence-electron chi connectivity index (χ3n) is 2.21. The number of aromatic nitrogens is 2. The van der Waals surface area contributed by atoms with Gasteiger partial charge in [0.2, 0.25) is 0 Å². The highest BCUT2D eigenvalue weighted by Crippen LogP contribution is 2.20. The topological polar surface area (TPSA) is 44.1 Å². The van der Waals surface area contributed by atoms with E-state index in [1.54, 1.807) is 10.9 Å². The fraction of sp³-hybridized carbons (Fsp3) is 0.600. The molecule has 0 aromatic carbocycles. The van der Waals surface area contributed by atoms with E-state index in [2.05, 4.69) is 5.10 Å². The number of nitrogens with zero attached hydrogens (tertiary/aromatic N) is 2. The largest absolute Gasteiger partial charge is 0.469 e. The van der Waals surface area contributed by atoms with Crippen molar-refractivity contribution in [3.63, 3.8) is 0 Å². The van der Waals surface area contributed by atoms with Crippen LogP contribution in [0.2, 0.25) is 0 Å². The Hall–Kier alpha value is -1.32. The minimum Gasteiger partial charge on any atom is -0.469 e. The van der Waals surface area contributed by atoms with Gasteiger partial charge in [0.05, 0.1) is 19.1 Å². The van der Waals surface area contributed by atoms with Gasteiger partial charge in [-0.15, -0.1) is 0 Å². The van der Waals surface area contributed by atoms with Gasteiger partial charge in [-0.2, -0.15) is 5.10 Å². The van der Waals surface area contributed by atoms with E-state index in [0.29, 0.717) is 6.54 Å². The fourth-order valence-electron chi connectivity index (χ4n) is 1.28. The van der Waals surface area contributed by atoms with Crippen molar-refractivity contribution in [3.8, 4) is 0 Å². The molecule has 1 rings (SSSR count). The average molecular weight is 196 g/mol. The number of methoxy groups -OCH3 is 1. The van der Waals surface area contributed by atoms with Crippen molar-refractivity contribution in [2.75, 3.05) is 7.11 Å². The summed E-state index contributed by atoms with van der Waals surface area (Å²) >= 11 is 0. The molecule has 14 heavy (non-hydrogen) atoms. The van der Waals surface area contributed by atoms with Crippen molar-refractivity contribution in [1.29, 1.82) is 0 Å². The number of hydrogen-bond acceptors (Lipinski definition) is 3. The van der Waals surface area contributed by atoms with Gasteiger partial charge in [-0.3, -0.25) is 9.48 Å². The zero-order valence-corrected chi connectivity index (χ0v) is 9.07. The fourth-order valence-corrected chi connectivity index (χ4v) is 1.28. The summed E-state index contributed by atoms with van der Waals surface area (Å²) < 4.78 is 6.53. The minimum absolute atomic E-state index is 0.215. The lowest BCUT2D eigenvalue weighted by atomic mass is 9.94. The minimum atomic E-state index is -0.536. The first kappa shape index (κ1) is 10.8. The predicted octanol–water partition coefficient (Wildman–Crippen LogP) is 1.39. The molecule has 0 N–H and O–H groups in total. The summed E-state index contributed by atoms with van der Waals surface area (Å²) in [7, 11) is 1.40. The molecule has 1 heterocycles. The summed E-state index contributed by atoms with van der Waals surface area (Å²) in [5, 5.41) is 4.13. The Kier molecular flexibility index (Phi) is 2.93. The van der Waals surface area contributed by atoms with E-state index in [-0.39, 0.29) is 5.97 Å². The molecule has 1 aromatic rings. The highest BCUT2D eigenvalue weighted by molar-refractivity contribution is 5.75. The molecular weight excluding hydrogens is 180 g/mol. The normalized spacial score (nSPS) is 11.4. The van der Waals surface area contributed by atoms with Gasteiger partial charge in [-0.05, 0) is 26.8 Å². The van der Waals surface area contributed by atoms with Crippen LogP contribution in [0.5, 0.6) is 0 Å². The predicted molar refractivity (Wildman–Crippen MR) is 52.8 cm³/mol. The smallest absolute Gasteiger partial charge is 0.313 e. The Bertz CT molecular complexity index is 329. The molecule has 1 aromatic heterocycles. The van der Waals surface area contributed by atoms with Crippen LogP contribution in [0.3, 0.4) is 0 Å². The lowest BCUT2D eigenvalue weighted by Gasteiger charge is -2.21. The summed E-state index contributed by atoms with van der Waals surface area (Å²) in [6.07, 6.45) is 1.72. The highest BCUT2D eigenvalue weighted by Gasteiger charge is 2.29. The molecule has 0 spiro atoms. The van der Waals surface area contributed by atoms with E-state index in [0.717, 1.165) is 5.69 Å². The average Bonchev–Trinajstić information content (AvgIpc) is 2.50. The Morgan fingerprint density at radius 2 is 2.29 bits per heavy atom. The van der Waals surface area contributed by atoms with Crippen LogP contribution < -0.4 is 0 Å². The highest BCUT2D eigenvalue weighted by atomic mass is 16.5. The second kappa shape index (κ2) is 3.82. The van der Waals surface area contributed by atoms with Gasteiger partial charge in [0, 0.05) is 11.9 Å². The van der Waals surface area contributed by atoms with Gasteiger partial charge in [0.1, 0.15) is 0 Å². The maximum absolute atomic E-state index is 11.4. The van der Waals surface area contributed by atoms with Gasteiger partial charge >= 0.3 is 5.97 Å². The van der Waals surface area contributed by atoms with Crippen molar-refractivity contribution in [1.82, 2.24) is 9.78 Å². The van der Waals surface area contributed by atoms with Crippen LogP contribution >= 0.6 is 0 Å². The van der Waals surface area contributed by atoms with Gasteiger partial charge in [0.25, 0.3) is 0 Å². The number of aryl methyl sites for hydroxylation is 1. The summed E-state index contributed by atoms with van der Waals surface area (Å²) in [5.41, 5.74) is 0.507. The molecule has 0 radical (unpaired) electrons. The van der Waals surface area contributed by atoms with E-state index in [4.69, 9.17) is 4.74 Å². The Morgan fingerprint density at radius 3 is 2.71 bits per heavy atom. The molecular formula is C10H16N2O2. The zero-order valence-electron chi connectivity index (χ0n) is 9.07. The van der Waals surface area contributed by atoms with Crippen molar-refractivity contribution in [2.24, 2.45) is 5.41 Å². The number of hydrogen-bond donors (Lipinski definition) is 0. The first-order chi connectivity index (χ1) is 6.47. The van der Waals surface area contributed by atoms with Crippen molar-refractivity contribution < 1.29 is 9.53 Å². The van der Waals surface area contributed by atoms with Crippen LogP contribution in [0.15, 0.2) is 12.3 Å². The molecule has 4 heteroatoms. The van der Waals surface area contributed by atoms with Crippen LogP contribution in [-0.4, -0.2) is 22.9 Å². The monoisotopic (exact) mass is 196 g/mol. The van der Waals surface area contributed by atoms with Gasteiger partial charge in [-0.25, -0.2) is 0 Å². The quantitative estimate of drug-likeness (QED) is 0.686. The SMILES string of the molecule is COC(=O)C(C)(C)Cn1nccc1C. The number of esters is 1. The van der Waals surface area contributed by atoms with E-state index >= 15 is 0 Å². The Labute approximate surface area is 83.9 Å². The molecule has 0 atom stereocenters. The van der Waals surface area contributed by atoms with Crippen LogP contribution in [0.25, 0.3) is 0 Å². The lowest BCUT2D eigenvalue weighted by molar-refractivity contribution is -0.151. The summed E-state index contributed by atoms with van der Waals surface area (Å²) in [6, 6.07) is 1.91. The molecule has 0 aliphatic rings. The molecule has 0 saturated heterocycles. The van der Waals surface area contributed by atoms with E-state index in [1.165, 1.54) is 7.11 Å². The molecule has 0 fully saturated rings. The second-order valence-corrected chi connectivity index (χ2v) is 4.01. The number of carbonyl (C=O) groups excluding carboxylic acids is 1. The second-order valence-electron chi connectivity index (χ2n) is 4.01. The van der Waals surface area contributed by atoms with Crippen LogP contribution in [0, 0.1) is 12.3 Å². The molecule has 78 valence electrons. The molecule has 0 saturated carbocycles. The Balaban J connectivity index is 2.78. The van der Waals surface area contributed by atoms with E-state index in [9.17, 15) is 4.79 Å². The van der Waals surface area contributed by atoms with Crippen LogP contribution in [0.4, 0.5) is 0 Å². The van der Waals surface area contributed by atoms with Gasteiger partial charge in [-0.1, -0.05) is 0 Å². The van der Waals surface area contributed by atoms with Crippen molar-refractivity contribution in [2.45, 2.75) is 27.3 Å². The molecule has 0 unspecified atom stereocenters. The first-order valence-electron chi connectivity index (χ1n) is 4.54. The standard InChI is InChI=1S/C10H16N2O2/c1-8-5-6-11-12(8)7-10(2,3)9(13)14-4/h5-6H,7H2,1-4H3. The summed E-state index contributed by atoms with van der Waals surface area (Å²) in [6.45, 7) is 6.19. The number of carbonyl (C=O) groups is 1. The van der Waals surface area contributed by atoms with Gasteiger partial charge in [0.15, 0.2) is 0 Å². The first-order valence-corrected chi connectivity index (χ1v) is 4.54.